The van der Waals surface area contributed by atoms with Crippen LogP contribution in [0.15, 0.2) is 22.8 Å². The van der Waals surface area contributed by atoms with E-state index in [9.17, 15) is 4.79 Å². The number of aromatic nitrogens is 1. The summed E-state index contributed by atoms with van der Waals surface area (Å²) in [4.78, 5) is 15.5. The van der Waals surface area contributed by atoms with E-state index in [2.05, 4.69) is 40.1 Å². The van der Waals surface area contributed by atoms with E-state index in [1.807, 2.05) is 6.07 Å². The Balaban J connectivity index is 2.44. The summed E-state index contributed by atoms with van der Waals surface area (Å²) in [6, 6.07) is 3.61. The van der Waals surface area contributed by atoms with E-state index in [0.29, 0.717) is 18.2 Å². The normalized spacial score (nSPS) is 10.4. The van der Waals surface area contributed by atoms with E-state index in [0.717, 1.165) is 10.9 Å². The van der Waals surface area contributed by atoms with E-state index in [1.54, 1.807) is 12.3 Å². The first-order chi connectivity index (χ1) is 7.08. The zero-order valence-corrected chi connectivity index (χ0v) is 10.5. The molecule has 1 aromatic heterocycles. The molecule has 4 heteroatoms. The van der Waals surface area contributed by atoms with Crippen LogP contribution in [0.4, 0.5) is 5.82 Å². The van der Waals surface area contributed by atoms with Crippen molar-refractivity contribution in [3.8, 4) is 0 Å². The van der Waals surface area contributed by atoms with Gasteiger partial charge >= 0.3 is 0 Å². The largest absolute Gasteiger partial charge is 0.311 e. The third kappa shape index (κ3) is 4.93. The van der Waals surface area contributed by atoms with Gasteiger partial charge in [-0.2, -0.15) is 0 Å². The molecule has 1 rings (SSSR count). The topological polar surface area (TPSA) is 42.0 Å². The van der Waals surface area contributed by atoms with Crippen LogP contribution in [-0.4, -0.2) is 10.9 Å². The molecular formula is C11H15BrN2O. The number of rotatable bonds is 4. The molecular weight excluding hydrogens is 256 g/mol. The summed E-state index contributed by atoms with van der Waals surface area (Å²) in [5, 5.41) is 2.76. The fraction of sp³-hybridized carbons (Fsp3) is 0.455. The minimum absolute atomic E-state index is 0.0225. The number of halogens is 1. The Kier molecular flexibility index (Phi) is 4.75. The first-order valence-corrected chi connectivity index (χ1v) is 5.78. The first kappa shape index (κ1) is 12.2. The number of hydrogen-bond donors (Lipinski definition) is 1. The maximum atomic E-state index is 11.5. The maximum absolute atomic E-state index is 11.5. The van der Waals surface area contributed by atoms with Gasteiger partial charge in [-0.3, -0.25) is 4.79 Å². The van der Waals surface area contributed by atoms with Crippen LogP contribution in [0.5, 0.6) is 0 Å². The lowest BCUT2D eigenvalue weighted by atomic mass is 10.1. The van der Waals surface area contributed by atoms with Gasteiger partial charge in [-0.15, -0.1) is 0 Å². The monoisotopic (exact) mass is 270 g/mol. The van der Waals surface area contributed by atoms with E-state index in [1.165, 1.54) is 0 Å². The van der Waals surface area contributed by atoms with Crippen molar-refractivity contribution in [2.75, 3.05) is 5.32 Å². The fourth-order valence-electron chi connectivity index (χ4n) is 1.10. The standard InChI is InChI=1S/C11H15BrN2O/c1-8(2)3-4-11(15)14-10-7-9(12)5-6-13-10/h5-8H,3-4H2,1-2H3,(H,13,14,15). The molecule has 0 atom stereocenters. The Bertz CT molecular complexity index is 339. The van der Waals surface area contributed by atoms with Crippen LogP contribution in [0.25, 0.3) is 0 Å². The van der Waals surface area contributed by atoms with E-state index >= 15 is 0 Å². The SMILES string of the molecule is CC(C)CCC(=O)Nc1cc(Br)ccn1. The molecule has 82 valence electrons. The van der Waals surface area contributed by atoms with Crippen LogP contribution in [0.2, 0.25) is 0 Å². The smallest absolute Gasteiger partial charge is 0.225 e. The molecule has 0 aliphatic heterocycles. The third-order valence-electron chi connectivity index (χ3n) is 1.94. The van der Waals surface area contributed by atoms with Crippen LogP contribution >= 0.6 is 15.9 Å². The lowest BCUT2D eigenvalue weighted by Crippen LogP contribution is -2.13. The van der Waals surface area contributed by atoms with Crippen molar-refractivity contribution in [3.63, 3.8) is 0 Å². The van der Waals surface area contributed by atoms with Crippen molar-refractivity contribution >= 4 is 27.7 Å². The van der Waals surface area contributed by atoms with Gasteiger partial charge in [0, 0.05) is 17.1 Å². The summed E-state index contributed by atoms with van der Waals surface area (Å²) < 4.78 is 0.914. The number of carbonyl (C=O) groups excluding carboxylic acids is 1. The second-order valence-electron chi connectivity index (χ2n) is 3.84. The predicted molar refractivity (Wildman–Crippen MR) is 64.6 cm³/mol. The van der Waals surface area contributed by atoms with Crippen molar-refractivity contribution in [3.05, 3.63) is 22.8 Å². The molecule has 0 radical (unpaired) electrons. The Morgan fingerprint density at radius 3 is 2.93 bits per heavy atom. The minimum Gasteiger partial charge on any atom is -0.311 e. The van der Waals surface area contributed by atoms with Crippen molar-refractivity contribution in [2.24, 2.45) is 5.92 Å². The number of anilines is 1. The molecule has 1 N–H and O–H groups in total. The van der Waals surface area contributed by atoms with Crippen molar-refractivity contribution in [2.45, 2.75) is 26.7 Å². The molecule has 1 heterocycles. The average molecular weight is 271 g/mol. The Morgan fingerprint density at radius 1 is 1.60 bits per heavy atom. The van der Waals surface area contributed by atoms with Crippen LogP contribution in [-0.2, 0) is 4.79 Å². The molecule has 1 amide bonds. The highest BCUT2D eigenvalue weighted by atomic mass is 79.9. The third-order valence-corrected chi connectivity index (χ3v) is 2.43. The lowest BCUT2D eigenvalue weighted by Gasteiger charge is -2.06. The Morgan fingerprint density at radius 2 is 2.33 bits per heavy atom. The van der Waals surface area contributed by atoms with Gasteiger partial charge in [0.2, 0.25) is 5.91 Å². The molecule has 15 heavy (non-hydrogen) atoms. The second-order valence-corrected chi connectivity index (χ2v) is 4.76. The molecule has 0 aliphatic rings. The molecule has 0 aliphatic carbocycles. The highest BCUT2D eigenvalue weighted by Gasteiger charge is 2.04. The number of carbonyl (C=O) groups is 1. The number of hydrogen-bond acceptors (Lipinski definition) is 2. The van der Waals surface area contributed by atoms with Gasteiger partial charge in [-0.25, -0.2) is 4.98 Å². The van der Waals surface area contributed by atoms with Gasteiger partial charge in [0.15, 0.2) is 0 Å². The quantitative estimate of drug-likeness (QED) is 0.913. The number of nitrogens with zero attached hydrogens (tertiary/aromatic N) is 1. The van der Waals surface area contributed by atoms with Crippen LogP contribution in [0.1, 0.15) is 26.7 Å². The van der Waals surface area contributed by atoms with E-state index < -0.39 is 0 Å². The van der Waals surface area contributed by atoms with E-state index in [-0.39, 0.29) is 5.91 Å². The molecule has 0 spiro atoms. The first-order valence-electron chi connectivity index (χ1n) is 4.99. The van der Waals surface area contributed by atoms with Gasteiger partial charge in [-0.05, 0) is 24.5 Å². The Hall–Kier alpha value is -0.900. The highest BCUT2D eigenvalue weighted by molar-refractivity contribution is 9.10. The van der Waals surface area contributed by atoms with Crippen LogP contribution in [0.3, 0.4) is 0 Å². The maximum Gasteiger partial charge on any atom is 0.225 e. The predicted octanol–water partition coefficient (Wildman–Crippen LogP) is 3.22. The zero-order chi connectivity index (χ0) is 11.3. The average Bonchev–Trinajstić information content (AvgIpc) is 2.15. The van der Waals surface area contributed by atoms with Gasteiger partial charge in [0.25, 0.3) is 0 Å². The van der Waals surface area contributed by atoms with Gasteiger partial charge in [0.05, 0.1) is 0 Å². The molecule has 0 aromatic carbocycles. The molecule has 0 bridgehead atoms. The minimum atomic E-state index is 0.0225. The molecule has 3 nitrogen and oxygen atoms in total. The van der Waals surface area contributed by atoms with Crippen molar-refractivity contribution in [1.29, 1.82) is 0 Å². The summed E-state index contributed by atoms with van der Waals surface area (Å²) in [5.41, 5.74) is 0. The summed E-state index contributed by atoms with van der Waals surface area (Å²) in [7, 11) is 0. The van der Waals surface area contributed by atoms with Gasteiger partial charge in [-0.1, -0.05) is 29.8 Å². The number of pyridine rings is 1. The number of amides is 1. The molecule has 1 aromatic rings. The lowest BCUT2D eigenvalue weighted by molar-refractivity contribution is -0.116. The van der Waals surface area contributed by atoms with Crippen molar-refractivity contribution < 1.29 is 4.79 Å². The number of nitrogens with one attached hydrogen (secondary N) is 1. The summed E-state index contributed by atoms with van der Waals surface area (Å²) in [6.45, 7) is 4.20. The molecule has 0 saturated heterocycles. The second kappa shape index (κ2) is 5.85. The fourth-order valence-corrected chi connectivity index (χ4v) is 1.43. The van der Waals surface area contributed by atoms with Gasteiger partial charge < -0.3 is 5.32 Å². The highest BCUT2D eigenvalue weighted by Crippen LogP contribution is 2.13. The van der Waals surface area contributed by atoms with Gasteiger partial charge in [0.1, 0.15) is 5.82 Å². The summed E-state index contributed by atoms with van der Waals surface area (Å²) >= 11 is 3.32. The molecule has 0 fully saturated rings. The summed E-state index contributed by atoms with van der Waals surface area (Å²) in [6.07, 6.45) is 3.10. The zero-order valence-electron chi connectivity index (χ0n) is 8.96. The van der Waals surface area contributed by atoms with E-state index in [4.69, 9.17) is 0 Å². The summed E-state index contributed by atoms with van der Waals surface area (Å²) in [5.74, 6) is 1.17. The van der Waals surface area contributed by atoms with Crippen LogP contribution < -0.4 is 5.32 Å². The van der Waals surface area contributed by atoms with Crippen LogP contribution in [0, 0.1) is 5.92 Å². The molecule has 0 unspecified atom stereocenters. The van der Waals surface area contributed by atoms with Crippen molar-refractivity contribution in [1.82, 2.24) is 4.98 Å². The molecule has 0 saturated carbocycles. The Labute approximate surface area is 98.4 Å².